The van der Waals surface area contributed by atoms with Gasteiger partial charge in [0.05, 0.1) is 18.0 Å². The first-order valence-corrected chi connectivity index (χ1v) is 9.00. The van der Waals surface area contributed by atoms with Gasteiger partial charge < -0.3 is 9.64 Å². The first-order chi connectivity index (χ1) is 12.0. The highest BCUT2D eigenvalue weighted by atomic mass is 16.5. The van der Waals surface area contributed by atoms with E-state index in [0.29, 0.717) is 0 Å². The molecule has 3 heterocycles. The Hall–Kier alpha value is -1.92. The number of rotatable bonds is 5. The molecule has 0 bridgehead atoms. The van der Waals surface area contributed by atoms with E-state index in [1.54, 1.807) is 0 Å². The lowest BCUT2D eigenvalue weighted by Gasteiger charge is -2.33. The third-order valence-electron chi connectivity index (χ3n) is 4.91. The molecule has 1 saturated heterocycles. The van der Waals surface area contributed by atoms with Crippen LogP contribution in [0.15, 0.2) is 18.2 Å². The van der Waals surface area contributed by atoms with E-state index < -0.39 is 0 Å². The summed E-state index contributed by atoms with van der Waals surface area (Å²) in [5.74, 6) is 0.967. The maximum atomic E-state index is 6.01. The normalized spacial score (nSPS) is 18.5. The Balaban J connectivity index is 1.73. The van der Waals surface area contributed by atoms with Crippen LogP contribution in [0.1, 0.15) is 35.7 Å². The molecular weight excluding hydrogens is 314 g/mol. The fraction of sp³-hybridized carbons (Fsp3) is 0.579. The smallest absolute Gasteiger partial charge is 0.128 e. The number of nitrogens with zero attached hydrogens (tertiary/aromatic N) is 5. The van der Waals surface area contributed by atoms with Crippen LogP contribution in [0.2, 0.25) is 0 Å². The fourth-order valence-electron chi connectivity index (χ4n) is 3.39. The molecule has 2 aromatic heterocycles. The van der Waals surface area contributed by atoms with Crippen molar-refractivity contribution in [2.45, 2.75) is 40.0 Å². The highest BCUT2D eigenvalue weighted by Crippen LogP contribution is 2.25. The molecule has 1 aliphatic rings. The van der Waals surface area contributed by atoms with Crippen molar-refractivity contribution in [2.75, 3.05) is 38.7 Å². The zero-order valence-electron chi connectivity index (χ0n) is 16.0. The van der Waals surface area contributed by atoms with Crippen molar-refractivity contribution in [3.8, 4) is 0 Å². The van der Waals surface area contributed by atoms with E-state index in [4.69, 9.17) is 9.72 Å². The van der Waals surface area contributed by atoms with Gasteiger partial charge in [-0.15, -0.1) is 0 Å². The molecule has 0 aliphatic carbocycles. The zero-order chi connectivity index (χ0) is 18.0. The molecule has 0 radical (unpaired) electrons. The van der Waals surface area contributed by atoms with Crippen LogP contribution in [0.5, 0.6) is 0 Å². The van der Waals surface area contributed by atoms with Gasteiger partial charge >= 0.3 is 0 Å². The highest BCUT2D eigenvalue weighted by molar-refractivity contribution is 5.37. The second kappa shape index (κ2) is 7.54. The molecule has 136 valence electrons. The third-order valence-corrected chi connectivity index (χ3v) is 4.91. The van der Waals surface area contributed by atoms with Crippen molar-refractivity contribution >= 4 is 5.82 Å². The summed E-state index contributed by atoms with van der Waals surface area (Å²) >= 11 is 0. The summed E-state index contributed by atoms with van der Waals surface area (Å²) in [5, 5.41) is 4.64. The minimum atomic E-state index is 0.0236. The number of hydrogen-bond acceptors (Lipinski definition) is 5. The lowest BCUT2D eigenvalue weighted by Crippen LogP contribution is -2.38. The summed E-state index contributed by atoms with van der Waals surface area (Å²) in [6, 6.07) is 6.14. The second-order valence-corrected chi connectivity index (χ2v) is 6.87. The summed E-state index contributed by atoms with van der Waals surface area (Å²) < 4.78 is 8.10. The molecule has 25 heavy (non-hydrogen) atoms. The summed E-state index contributed by atoms with van der Waals surface area (Å²) in [4.78, 5) is 9.23. The third kappa shape index (κ3) is 3.85. The summed E-state index contributed by atoms with van der Waals surface area (Å²) in [5.41, 5.74) is 4.76. The second-order valence-electron chi connectivity index (χ2n) is 6.87. The van der Waals surface area contributed by atoms with E-state index in [9.17, 15) is 0 Å². The van der Waals surface area contributed by atoms with Gasteiger partial charge in [-0.3, -0.25) is 9.58 Å². The molecule has 1 unspecified atom stereocenters. The van der Waals surface area contributed by atoms with Crippen molar-refractivity contribution in [2.24, 2.45) is 0 Å². The van der Waals surface area contributed by atoms with E-state index >= 15 is 0 Å². The van der Waals surface area contributed by atoms with Gasteiger partial charge in [0.1, 0.15) is 11.9 Å². The molecule has 0 amide bonds. The Morgan fingerprint density at radius 2 is 2.08 bits per heavy atom. The lowest BCUT2D eigenvalue weighted by atomic mass is 10.1. The van der Waals surface area contributed by atoms with Gasteiger partial charge in [-0.2, -0.15) is 5.10 Å². The molecule has 1 fully saturated rings. The standard InChI is InChI=1S/C19H29N5O/c1-6-24-15(3)16(14(2)21-24)12-23-10-11-25-18(13-23)17-8-7-9-19(20-17)22(4)5/h7-9,18H,6,10-13H2,1-5H3. The SMILES string of the molecule is CCn1nc(C)c(CN2CCOC(c3cccc(N(C)C)n3)C2)c1C. The van der Waals surface area contributed by atoms with Crippen LogP contribution in [-0.2, 0) is 17.8 Å². The topological polar surface area (TPSA) is 46.4 Å². The first-order valence-electron chi connectivity index (χ1n) is 9.00. The van der Waals surface area contributed by atoms with Gasteiger partial charge in [0.15, 0.2) is 0 Å². The maximum Gasteiger partial charge on any atom is 0.128 e. The summed E-state index contributed by atoms with van der Waals surface area (Å²) in [6.45, 7) is 10.8. The summed E-state index contributed by atoms with van der Waals surface area (Å²) in [7, 11) is 4.02. The van der Waals surface area contributed by atoms with E-state index in [2.05, 4.69) is 47.6 Å². The Bertz CT molecular complexity index is 725. The van der Waals surface area contributed by atoms with Crippen LogP contribution in [-0.4, -0.2) is 53.5 Å². The molecule has 0 N–H and O–H groups in total. The molecule has 0 aromatic carbocycles. The number of aromatic nitrogens is 3. The number of pyridine rings is 1. The maximum absolute atomic E-state index is 6.01. The number of hydrogen-bond donors (Lipinski definition) is 0. The monoisotopic (exact) mass is 343 g/mol. The predicted molar refractivity (Wildman–Crippen MR) is 99.9 cm³/mol. The average Bonchev–Trinajstić information content (AvgIpc) is 2.89. The van der Waals surface area contributed by atoms with E-state index in [1.165, 1.54) is 11.3 Å². The molecule has 0 spiro atoms. The quantitative estimate of drug-likeness (QED) is 0.835. The number of morpholine rings is 1. The summed E-state index contributed by atoms with van der Waals surface area (Å²) in [6.07, 6.45) is 0.0236. The van der Waals surface area contributed by atoms with E-state index in [1.807, 2.05) is 25.1 Å². The van der Waals surface area contributed by atoms with Crippen LogP contribution in [0.4, 0.5) is 5.82 Å². The fourth-order valence-corrected chi connectivity index (χ4v) is 3.39. The van der Waals surface area contributed by atoms with Gasteiger partial charge in [0, 0.05) is 51.5 Å². The van der Waals surface area contributed by atoms with Crippen LogP contribution in [0.3, 0.4) is 0 Å². The predicted octanol–water partition coefficient (Wildman–Crippen LogP) is 2.55. The minimum Gasteiger partial charge on any atom is -0.369 e. The molecule has 6 heteroatoms. The Morgan fingerprint density at radius 1 is 1.28 bits per heavy atom. The molecular formula is C19H29N5O. The average molecular weight is 343 g/mol. The number of ether oxygens (including phenoxy) is 1. The van der Waals surface area contributed by atoms with Crippen LogP contribution in [0, 0.1) is 13.8 Å². The number of anilines is 1. The molecule has 1 aliphatic heterocycles. The van der Waals surface area contributed by atoms with Crippen molar-refractivity contribution in [1.29, 1.82) is 0 Å². The lowest BCUT2D eigenvalue weighted by molar-refractivity contribution is -0.0350. The van der Waals surface area contributed by atoms with Crippen molar-refractivity contribution in [1.82, 2.24) is 19.7 Å². The van der Waals surface area contributed by atoms with Crippen LogP contribution < -0.4 is 4.90 Å². The van der Waals surface area contributed by atoms with Gasteiger partial charge in [-0.05, 0) is 32.9 Å². The van der Waals surface area contributed by atoms with Crippen molar-refractivity contribution in [3.05, 3.63) is 40.8 Å². The van der Waals surface area contributed by atoms with Gasteiger partial charge in [0.2, 0.25) is 0 Å². The van der Waals surface area contributed by atoms with Gasteiger partial charge in [-0.25, -0.2) is 4.98 Å². The first kappa shape index (κ1) is 17.9. The van der Waals surface area contributed by atoms with Crippen LogP contribution in [0.25, 0.3) is 0 Å². The molecule has 0 saturated carbocycles. The Labute approximate surface area is 150 Å². The van der Waals surface area contributed by atoms with E-state index in [0.717, 1.165) is 50.0 Å². The Morgan fingerprint density at radius 3 is 2.76 bits per heavy atom. The molecule has 6 nitrogen and oxygen atoms in total. The zero-order valence-corrected chi connectivity index (χ0v) is 16.0. The largest absolute Gasteiger partial charge is 0.369 e. The van der Waals surface area contributed by atoms with Crippen LogP contribution >= 0.6 is 0 Å². The van der Waals surface area contributed by atoms with Crippen molar-refractivity contribution in [3.63, 3.8) is 0 Å². The molecule has 2 aromatic rings. The molecule has 1 atom stereocenters. The highest BCUT2D eigenvalue weighted by Gasteiger charge is 2.25. The minimum absolute atomic E-state index is 0.0236. The van der Waals surface area contributed by atoms with Gasteiger partial charge in [0.25, 0.3) is 0 Å². The Kier molecular flexibility index (Phi) is 5.39. The molecule has 3 rings (SSSR count). The van der Waals surface area contributed by atoms with Gasteiger partial charge in [-0.1, -0.05) is 6.07 Å². The number of aryl methyl sites for hydroxylation is 2. The van der Waals surface area contributed by atoms with E-state index in [-0.39, 0.29) is 6.10 Å². The van der Waals surface area contributed by atoms with Crippen molar-refractivity contribution < 1.29 is 4.74 Å².